The highest BCUT2D eigenvalue weighted by atomic mass is 16.6. The molecule has 4 rings (SSSR count). The second kappa shape index (κ2) is 4.39. The van der Waals surface area contributed by atoms with Crippen LogP contribution < -0.4 is 0 Å². The van der Waals surface area contributed by atoms with Crippen LogP contribution in [0.3, 0.4) is 0 Å². The maximum absolute atomic E-state index is 12.6. The number of fused-ring (bicyclic) bond motifs is 1. The summed E-state index contributed by atoms with van der Waals surface area (Å²) in [6.45, 7) is 0. The van der Waals surface area contributed by atoms with Crippen LogP contribution in [-0.2, 0) is 19.9 Å². The highest BCUT2D eigenvalue weighted by molar-refractivity contribution is 6.35. The Morgan fingerprint density at radius 1 is 0.909 bits per heavy atom. The lowest BCUT2D eigenvalue weighted by Crippen LogP contribution is -2.35. The molecule has 22 heavy (non-hydrogen) atoms. The number of hydrogen-bond donors (Lipinski definition) is 1. The molecular weight excluding hydrogens is 280 g/mol. The molecule has 2 aromatic rings. The molecule has 2 aromatic carbocycles. The smallest absolute Gasteiger partial charge is 0.237 e. The Bertz CT molecular complexity index is 807. The van der Waals surface area contributed by atoms with Crippen molar-refractivity contribution in [3.63, 3.8) is 0 Å². The normalized spacial score (nSPS) is 26.8. The highest BCUT2D eigenvalue weighted by Gasteiger charge is 2.71. The fourth-order valence-electron chi connectivity index (χ4n) is 3.02. The number of carbonyl (C=O) groups is 2. The Morgan fingerprint density at radius 3 is 2.14 bits per heavy atom. The van der Waals surface area contributed by atoms with Crippen molar-refractivity contribution < 1.29 is 19.4 Å². The molecular formula is C18H12O4. The second-order valence-electron chi connectivity index (χ2n) is 5.38. The third kappa shape index (κ3) is 1.55. The summed E-state index contributed by atoms with van der Waals surface area (Å²) in [5, 5.41) is 10.3. The number of aliphatic hydroxyl groups is 1. The van der Waals surface area contributed by atoms with Crippen LogP contribution in [0.5, 0.6) is 0 Å². The molecule has 1 heterocycles. The molecule has 4 heteroatoms. The summed E-state index contributed by atoms with van der Waals surface area (Å²) in [6, 6.07) is 17.5. The molecule has 2 unspecified atom stereocenters. The molecule has 0 radical (unpaired) electrons. The number of hydrogen-bond acceptors (Lipinski definition) is 4. The summed E-state index contributed by atoms with van der Waals surface area (Å²) in [7, 11) is 0. The minimum atomic E-state index is -1.35. The second-order valence-corrected chi connectivity index (χ2v) is 5.38. The highest BCUT2D eigenvalue weighted by Crippen LogP contribution is 2.53. The van der Waals surface area contributed by atoms with E-state index >= 15 is 0 Å². The van der Waals surface area contributed by atoms with Gasteiger partial charge in [0.25, 0.3) is 0 Å². The molecule has 1 N–H and O–H groups in total. The lowest BCUT2D eigenvalue weighted by molar-refractivity contribution is -0.124. The van der Waals surface area contributed by atoms with Crippen molar-refractivity contribution in [2.75, 3.05) is 0 Å². The molecule has 0 spiro atoms. The van der Waals surface area contributed by atoms with Crippen LogP contribution in [0.1, 0.15) is 11.1 Å². The van der Waals surface area contributed by atoms with E-state index in [1.165, 1.54) is 0 Å². The van der Waals surface area contributed by atoms with Crippen LogP contribution >= 0.6 is 0 Å². The van der Waals surface area contributed by atoms with Crippen molar-refractivity contribution in [1.82, 2.24) is 0 Å². The maximum Gasteiger partial charge on any atom is 0.237 e. The molecule has 0 bridgehead atoms. The quantitative estimate of drug-likeness (QED) is 0.863. The first kappa shape index (κ1) is 13.0. The van der Waals surface area contributed by atoms with Gasteiger partial charge in [0.15, 0.2) is 23.2 Å². The first-order valence-electron chi connectivity index (χ1n) is 6.97. The van der Waals surface area contributed by atoms with Gasteiger partial charge in [0.2, 0.25) is 5.78 Å². The molecule has 0 amide bonds. The summed E-state index contributed by atoms with van der Waals surface area (Å²) in [5.41, 5.74) is -0.187. The number of rotatable bonds is 2. The Hall–Kier alpha value is -2.72. The van der Waals surface area contributed by atoms with Crippen LogP contribution in [0.25, 0.3) is 5.57 Å². The van der Waals surface area contributed by atoms with Gasteiger partial charge in [0.1, 0.15) is 0 Å². The molecule has 1 fully saturated rings. The Morgan fingerprint density at radius 2 is 1.50 bits per heavy atom. The van der Waals surface area contributed by atoms with E-state index in [-0.39, 0.29) is 11.4 Å². The zero-order valence-electron chi connectivity index (χ0n) is 11.5. The standard InChI is InChI=1S/C18H12O4/c19-14-13(11-7-3-1-4-8-11)15(20)17-18(22-17,16(14)21)12-9-5-2-6-10-12/h1-10,17,19H. The summed E-state index contributed by atoms with van der Waals surface area (Å²) >= 11 is 0. The minimum absolute atomic E-state index is 0.0413. The van der Waals surface area contributed by atoms with Gasteiger partial charge in [-0.2, -0.15) is 0 Å². The SMILES string of the molecule is O=C1C(c2ccccc2)=C(O)C(=O)C2(c3ccccc3)OC12. The number of carbonyl (C=O) groups excluding carboxylic acids is 2. The van der Waals surface area contributed by atoms with Gasteiger partial charge in [0.05, 0.1) is 5.57 Å². The van der Waals surface area contributed by atoms with Crippen molar-refractivity contribution in [2.45, 2.75) is 11.7 Å². The number of benzene rings is 2. The van der Waals surface area contributed by atoms with E-state index in [0.717, 1.165) is 0 Å². The van der Waals surface area contributed by atoms with Gasteiger partial charge in [-0.3, -0.25) is 9.59 Å². The molecule has 0 saturated carbocycles. The fourth-order valence-corrected chi connectivity index (χ4v) is 3.02. The lowest BCUT2D eigenvalue weighted by Gasteiger charge is -2.18. The van der Waals surface area contributed by atoms with E-state index in [2.05, 4.69) is 0 Å². The van der Waals surface area contributed by atoms with Crippen molar-refractivity contribution in [3.05, 3.63) is 77.5 Å². The van der Waals surface area contributed by atoms with Crippen molar-refractivity contribution >= 4 is 17.1 Å². The molecule has 1 saturated heterocycles. The number of aliphatic hydroxyl groups excluding tert-OH is 1. The number of epoxide rings is 1. The number of Topliss-reactive ketones (excluding diaryl/α,β-unsaturated/α-hetero) is 2. The summed E-state index contributed by atoms with van der Waals surface area (Å²) < 4.78 is 5.50. The van der Waals surface area contributed by atoms with Gasteiger partial charge in [0, 0.05) is 0 Å². The van der Waals surface area contributed by atoms with Crippen molar-refractivity contribution in [3.8, 4) is 0 Å². The van der Waals surface area contributed by atoms with E-state index in [1.807, 2.05) is 6.07 Å². The zero-order chi connectivity index (χ0) is 15.3. The predicted molar refractivity (Wildman–Crippen MR) is 79.0 cm³/mol. The predicted octanol–water partition coefficient (Wildman–Crippen LogP) is 2.40. The van der Waals surface area contributed by atoms with Crippen LogP contribution in [0, 0.1) is 0 Å². The van der Waals surface area contributed by atoms with Crippen LogP contribution in [-0.4, -0.2) is 22.8 Å². The first-order chi connectivity index (χ1) is 10.7. The molecule has 1 aliphatic carbocycles. The van der Waals surface area contributed by atoms with Gasteiger partial charge in [-0.25, -0.2) is 0 Å². The lowest BCUT2D eigenvalue weighted by atomic mass is 9.79. The van der Waals surface area contributed by atoms with Gasteiger partial charge in [-0.1, -0.05) is 60.7 Å². The monoisotopic (exact) mass is 292 g/mol. The third-order valence-corrected chi connectivity index (χ3v) is 4.15. The molecule has 4 nitrogen and oxygen atoms in total. The van der Waals surface area contributed by atoms with E-state index in [0.29, 0.717) is 11.1 Å². The molecule has 2 aliphatic rings. The Kier molecular flexibility index (Phi) is 2.59. The maximum atomic E-state index is 12.6. The number of ether oxygens (including phenoxy) is 1. The Labute approximate surface area is 126 Å². The average molecular weight is 292 g/mol. The molecule has 1 aliphatic heterocycles. The van der Waals surface area contributed by atoms with Crippen LogP contribution in [0.4, 0.5) is 0 Å². The molecule has 108 valence electrons. The zero-order valence-corrected chi connectivity index (χ0v) is 11.5. The summed E-state index contributed by atoms with van der Waals surface area (Å²) in [6.07, 6.45) is -0.853. The Balaban J connectivity index is 1.86. The fraction of sp³-hybridized carbons (Fsp3) is 0.111. The van der Waals surface area contributed by atoms with Gasteiger partial charge in [-0.05, 0) is 11.1 Å². The summed E-state index contributed by atoms with van der Waals surface area (Å²) in [4.78, 5) is 25.2. The first-order valence-corrected chi connectivity index (χ1v) is 6.97. The van der Waals surface area contributed by atoms with Gasteiger partial charge in [-0.15, -0.1) is 0 Å². The van der Waals surface area contributed by atoms with E-state index in [1.54, 1.807) is 54.6 Å². The topological polar surface area (TPSA) is 66.9 Å². The average Bonchev–Trinajstić information content (AvgIpc) is 3.32. The van der Waals surface area contributed by atoms with Crippen molar-refractivity contribution in [1.29, 1.82) is 0 Å². The van der Waals surface area contributed by atoms with Gasteiger partial charge < -0.3 is 9.84 Å². The summed E-state index contributed by atoms with van der Waals surface area (Å²) in [5.74, 6) is -1.43. The van der Waals surface area contributed by atoms with Gasteiger partial charge >= 0.3 is 0 Å². The molecule has 0 aromatic heterocycles. The molecule has 2 atom stereocenters. The third-order valence-electron chi connectivity index (χ3n) is 4.15. The minimum Gasteiger partial charge on any atom is -0.504 e. The number of ketones is 2. The van der Waals surface area contributed by atoms with Crippen LogP contribution in [0.15, 0.2) is 66.4 Å². The van der Waals surface area contributed by atoms with E-state index < -0.39 is 23.2 Å². The van der Waals surface area contributed by atoms with Crippen molar-refractivity contribution in [2.24, 2.45) is 0 Å². The largest absolute Gasteiger partial charge is 0.504 e. The van der Waals surface area contributed by atoms with E-state index in [4.69, 9.17) is 4.74 Å². The van der Waals surface area contributed by atoms with Crippen LogP contribution in [0.2, 0.25) is 0 Å². The van der Waals surface area contributed by atoms with E-state index in [9.17, 15) is 14.7 Å².